The Morgan fingerprint density at radius 2 is 1.94 bits per heavy atom. The zero-order valence-corrected chi connectivity index (χ0v) is 12.5. The molecule has 0 fully saturated rings. The minimum absolute atomic E-state index is 0.340. The Balaban J connectivity index is 3.56. The maximum Gasteiger partial charge on any atom is 0.330 e. The highest BCUT2D eigenvalue weighted by Gasteiger charge is 2.21. The lowest BCUT2D eigenvalue weighted by atomic mass is 10.3. The molecule has 4 heteroatoms. The average Bonchev–Trinajstić information content (AvgIpc) is 2.30. The quantitative estimate of drug-likeness (QED) is 0.260. The van der Waals surface area contributed by atoms with Crippen LogP contribution in [0.5, 0.6) is 0 Å². The van der Waals surface area contributed by atoms with Gasteiger partial charge in [0.05, 0.1) is 6.61 Å². The lowest BCUT2D eigenvalue weighted by Gasteiger charge is -2.22. The molecule has 0 amide bonds. The normalized spacial score (nSPS) is 11.2. The summed E-state index contributed by atoms with van der Waals surface area (Å²) in [6.07, 6.45) is 5.69. The topological polar surface area (TPSA) is 35.5 Å². The molecule has 0 aliphatic heterocycles. The van der Waals surface area contributed by atoms with E-state index in [-0.39, 0.29) is 5.97 Å². The van der Waals surface area contributed by atoms with E-state index >= 15 is 0 Å². The van der Waals surface area contributed by atoms with Gasteiger partial charge in [-0.15, -0.1) is 0 Å². The van der Waals surface area contributed by atoms with Gasteiger partial charge in [-0.25, -0.2) is 4.79 Å². The van der Waals surface area contributed by atoms with Crippen LogP contribution >= 0.6 is 0 Å². The predicted octanol–water partition coefficient (Wildman–Crippen LogP) is 3.52. The van der Waals surface area contributed by atoms with Gasteiger partial charge in [0.15, 0.2) is 8.32 Å². The second-order valence-electron chi connectivity index (χ2n) is 4.79. The third kappa shape index (κ3) is 10.3. The molecule has 0 aromatic heterocycles. The monoisotopic (exact) mass is 258 g/mol. The van der Waals surface area contributed by atoms with Gasteiger partial charge in [0.2, 0.25) is 0 Å². The van der Waals surface area contributed by atoms with Crippen molar-refractivity contribution in [2.45, 2.75) is 51.7 Å². The van der Waals surface area contributed by atoms with Crippen LogP contribution in [0.1, 0.15) is 32.6 Å². The number of unbranched alkanes of at least 4 members (excludes halogenated alkanes) is 2. The molecule has 0 aromatic carbocycles. The highest BCUT2D eigenvalue weighted by Crippen LogP contribution is 2.14. The Hall–Kier alpha value is -0.613. The van der Waals surface area contributed by atoms with Crippen molar-refractivity contribution in [3.05, 3.63) is 12.7 Å². The number of esters is 1. The Kier molecular flexibility index (Phi) is 9.08. The van der Waals surface area contributed by atoms with Crippen molar-refractivity contribution in [3.8, 4) is 0 Å². The first-order chi connectivity index (χ1) is 8.02. The van der Waals surface area contributed by atoms with Gasteiger partial charge in [0.25, 0.3) is 0 Å². The number of rotatable bonds is 10. The first-order valence-electron chi connectivity index (χ1n) is 6.45. The zero-order chi connectivity index (χ0) is 13.1. The molecule has 0 bridgehead atoms. The molecule has 0 aliphatic carbocycles. The molecule has 0 N–H and O–H groups in total. The molecule has 0 saturated carbocycles. The lowest BCUT2D eigenvalue weighted by Crippen LogP contribution is -2.31. The van der Waals surface area contributed by atoms with Gasteiger partial charge in [0, 0.05) is 12.7 Å². The van der Waals surface area contributed by atoms with Gasteiger partial charge in [-0.05, 0) is 32.0 Å². The molecular weight excluding hydrogens is 232 g/mol. The van der Waals surface area contributed by atoms with E-state index < -0.39 is 8.32 Å². The van der Waals surface area contributed by atoms with Crippen LogP contribution in [-0.2, 0) is 14.0 Å². The summed E-state index contributed by atoms with van der Waals surface area (Å²) in [5.41, 5.74) is 0. The molecular formula is C13H26O3Si. The number of ether oxygens (including phenoxy) is 1. The van der Waals surface area contributed by atoms with Crippen molar-refractivity contribution in [1.82, 2.24) is 0 Å². The van der Waals surface area contributed by atoms with Gasteiger partial charge in [-0.1, -0.05) is 26.3 Å². The molecule has 100 valence electrons. The molecule has 0 aromatic rings. The number of carbonyl (C=O) groups is 1. The Morgan fingerprint density at radius 3 is 2.53 bits per heavy atom. The van der Waals surface area contributed by atoms with Gasteiger partial charge in [-0.2, -0.15) is 0 Å². The maximum atomic E-state index is 10.8. The lowest BCUT2D eigenvalue weighted by molar-refractivity contribution is -0.137. The number of carbonyl (C=O) groups excluding carboxylic acids is 1. The Labute approximate surface area is 106 Å². The summed E-state index contributed by atoms with van der Waals surface area (Å²) in [5, 5.41) is 0. The molecule has 0 atom stereocenters. The average molecular weight is 258 g/mol. The van der Waals surface area contributed by atoms with Crippen LogP contribution in [-0.4, -0.2) is 27.5 Å². The SMILES string of the molecule is C=CC(=O)OCCC[Si](C)(C)OCCCCC. The van der Waals surface area contributed by atoms with Crippen LogP contribution in [0.25, 0.3) is 0 Å². The van der Waals surface area contributed by atoms with E-state index in [1.54, 1.807) is 0 Å². The molecule has 0 radical (unpaired) electrons. The van der Waals surface area contributed by atoms with Gasteiger partial charge in [-0.3, -0.25) is 0 Å². The second-order valence-corrected chi connectivity index (χ2v) is 9.10. The van der Waals surface area contributed by atoms with Crippen LogP contribution in [0, 0.1) is 0 Å². The van der Waals surface area contributed by atoms with E-state index in [1.807, 2.05) is 0 Å². The molecule has 0 saturated heterocycles. The fourth-order valence-corrected chi connectivity index (χ4v) is 3.34. The predicted molar refractivity (Wildman–Crippen MR) is 73.5 cm³/mol. The van der Waals surface area contributed by atoms with Gasteiger partial charge >= 0.3 is 5.97 Å². The molecule has 3 nitrogen and oxygen atoms in total. The summed E-state index contributed by atoms with van der Waals surface area (Å²) < 4.78 is 10.9. The third-order valence-electron chi connectivity index (χ3n) is 2.57. The maximum absolute atomic E-state index is 10.8. The van der Waals surface area contributed by atoms with Crippen molar-refractivity contribution in [3.63, 3.8) is 0 Å². The summed E-state index contributed by atoms with van der Waals surface area (Å²) in [5.74, 6) is -0.340. The summed E-state index contributed by atoms with van der Waals surface area (Å²) >= 11 is 0. The Bertz CT molecular complexity index is 227. The van der Waals surface area contributed by atoms with E-state index in [0.717, 1.165) is 25.5 Å². The van der Waals surface area contributed by atoms with Crippen LogP contribution in [0.4, 0.5) is 0 Å². The molecule has 0 unspecified atom stereocenters. The van der Waals surface area contributed by atoms with Crippen molar-refractivity contribution >= 4 is 14.3 Å². The highest BCUT2D eigenvalue weighted by molar-refractivity contribution is 6.71. The smallest absolute Gasteiger partial charge is 0.330 e. The van der Waals surface area contributed by atoms with Crippen molar-refractivity contribution < 1.29 is 14.0 Å². The number of hydrogen-bond acceptors (Lipinski definition) is 3. The molecule has 0 rings (SSSR count). The summed E-state index contributed by atoms with van der Waals surface area (Å²) in [7, 11) is -1.55. The molecule has 0 aliphatic rings. The van der Waals surface area contributed by atoms with Crippen LogP contribution in [0.3, 0.4) is 0 Å². The van der Waals surface area contributed by atoms with Gasteiger partial charge < -0.3 is 9.16 Å². The summed E-state index contributed by atoms with van der Waals surface area (Å²) in [6.45, 7) is 11.3. The van der Waals surface area contributed by atoms with Crippen LogP contribution < -0.4 is 0 Å². The van der Waals surface area contributed by atoms with E-state index in [9.17, 15) is 4.79 Å². The van der Waals surface area contributed by atoms with Crippen LogP contribution in [0.2, 0.25) is 19.1 Å². The minimum Gasteiger partial charge on any atom is -0.463 e. The molecule has 17 heavy (non-hydrogen) atoms. The molecule has 0 heterocycles. The summed E-state index contributed by atoms with van der Waals surface area (Å²) in [6, 6.07) is 1.03. The van der Waals surface area contributed by atoms with Gasteiger partial charge in [0.1, 0.15) is 0 Å². The van der Waals surface area contributed by atoms with Crippen molar-refractivity contribution in [2.24, 2.45) is 0 Å². The number of hydrogen-bond donors (Lipinski definition) is 0. The van der Waals surface area contributed by atoms with E-state index in [0.29, 0.717) is 6.61 Å². The fourth-order valence-electron chi connectivity index (χ4n) is 1.50. The largest absolute Gasteiger partial charge is 0.463 e. The van der Waals surface area contributed by atoms with Crippen molar-refractivity contribution in [2.75, 3.05) is 13.2 Å². The van der Waals surface area contributed by atoms with E-state index in [2.05, 4.69) is 26.6 Å². The summed E-state index contributed by atoms with van der Waals surface area (Å²) in [4.78, 5) is 10.8. The minimum atomic E-state index is -1.55. The highest BCUT2D eigenvalue weighted by atomic mass is 28.4. The zero-order valence-electron chi connectivity index (χ0n) is 11.5. The van der Waals surface area contributed by atoms with Crippen LogP contribution in [0.15, 0.2) is 12.7 Å². The van der Waals surface area contributed by atoms with Crippen molar-refractivity contribution in [1.29, 1.82) is 0 Å². The fraction of sp³-hybridized carbons (Fsp3) is 0.769. The first-order valence-corrected chi connectivity index (χ1v) is 9.56. The first kappa shape index (κ1) is 16.4. The third-order valence-corrected chi connectivity index (χ3v) is 5.12. The molecule has 0 spiro atoms. The van der Waals surface area contributed by atoms with E-state index in [4.69, 9.17) is 9.16 Å². The Morgan fingerprint density at radius 1 is 1.24 bits per heavy atom. The second kappa shape index (κ2) is 9.42. The van der Waals surface area contributed by atoms with E-state index in [1.165, 1.54) is 18.9 Å². The standard InChI is InChI=1S/C13H26O3Si/c1-5-7-8-11-16-17(3,4)12-9-10-15-13(14)6-2/h6H,2,5,7-12H2,1,3-4H3.